The average Bonchev–Trinajstić information content (AvgIpc) is 2.96. The summed E-state index contributed by atoms with van der Waals surface area (Å²) < 4.78 is 0. The van der Waals surface area contributed by atoms with Crippen molar-refractivity contribution in [1.82, 2.24) is 0 Å². The number of piperidine rings is 1. The Morgan fingerprint density at radius 3 is 2.73 bits per heavy atom. The van der Waals surface area contributed by atoms with E-state index in [0.29, 0.717) is 12.1 Å². The fourth-order valence-corrected chi connectivity index (χ4v) is 4.63. The second-order valence-electron chi connectivity index (χ2n) is 7.35. The third-order valence-corrected chi connectivity index (χ3v) is 5.87. The van der Waals surface area contributed by atoms with Crippen molar-refractivity contribution in [3.8, 4) is 0 Å². The van der Waals surface area contributed by atoms with Crippen LogP contribution in [0.25, 0.3) is 10.8 Å². The molecule has 1 unspecified atom stereocenters. The molecule has 5 nitrogen and oxygen atoms in total. The van der Waals surface area contributed by atoms with Crippen molar-refractivity contribution in [1.29, 1.82) is 0 Å². The Balaban J connectivity index is 1.67. The van der Waals surface area contributed by atoms with E-state index in [1.54, 1.807) is 0 Å². The van der Waals surface area contributed by atoms with Crippen molar-refractivity contribution in [2.24, 2.45) is 0 Å². The van der Waals surface area contributed by atoms with Crippen LogP contribution in [0.1, 0.15) is 32.1 Å². The Kier molecular flexibility index (Phi) is 4.74. The molecule has 136 valence electrons. The fraction of sp³-hybridized carbons (Fsp3) is 0.429. The van der Waals surface area contributed by atoms with Gasteiger partial charge in [-0.05, 0) is 30.7 Å². The van der Waals surface area contributed by atoms with Crippen LogP contribution in [0.2, 0.25) is 0 Å². The summed E-state index contributed by atoms with van der Waals surface area (Å²) in [5.74, 6) is -0.205. The van der Waals surface area contributed by atoms with E-state index < -0.39 is 0 Å². The van der Waals surface area contributed by atoms with Gasteiger partial charge in [-0.2, -0.15) is 0 Å². The molecule has 2 amide bonds. The van der Waals surface area contributed by atoms with Crippen molar-refractivity contribution >= 4 is 28.3 Å². The molecule has 0 aromatic heterocycles. The van der Waals surface area contributed by atoms with Crippen LogP contribution in [0.15, 0.2) is 42.5 Å². The Morgan fingerprint density at radius 2 is 1.88 bits per heavy atom. The predicted molar refractivity (Wildman–Crippen MR) is 100 cm³/mol. The van der Waals surface area contributed by atoms with Gasteiger partial charge in [0, 0.05) is 18.4 Å². The second-order valence-corrected chi connectivity index (χ2v) is 7.35. The predicted octanol–water partition coefficient (Wildman–Crippen LogP) is 1.29. The van der Waals surface area contributed by atoms with Crippen LogP contribution in [-0.2, 0) is 9.59 Å². The van der Waals surface area contributed by atoms with E-state index in [1.807, 2.05) is 42.5 Å². The highest BCUT2D eigenvalue weighted by molar-refractivity contribution is 6.24. The number of amides is 2. The van der Waals surface area contributed by atoms with Crippen molar-refractivity contribution in [3.05, 3.63) is 42.5 Å². The molecule has 3 atom stereocenters. The number of carbonyl (C=O) groups is 2. The summed E-state index contributed by atoms with van der Waals surface area (Å²) in [7, 11) is 0. The molecule has 2 aliphatic heterocycles. The molecule has 2 aromatic rings. The smallest absolute Gasteiger partial charge is 0.292 e. The zero-order valence-corrected chi connectivity index (χ0v) is 14.9. The Bertz CT molecular complexity index is 828. The summed E-state index contributed by atoms with van der Waals surface area (Å²) in [6.07, 6.45) is 4.18. The van der Waals surface area contributed by atoms with E-state index in [9.17, 15) is 14.7 Å². The average molecular weight is 353 g/mol. The molecule has 0 bridgehead atoms. The monoisotopic (exact) mass is 353 g/mol. The van der Waals surface area contributed by atoms with Crippen molar-refractivity contribution < 1.29 is 19.6 Å². The summed E-state index contributed by atoms with van der Waals surface area (Å²) in [6.45, 7) is 1.04. The molecule has 2 N–H and O–H groups in total. The molecule has 0 radical (unpaired) electrons. The van der Waals surface area contributed by atoms with Gasteiger partial charge in [0.15, 0.2) is 6.04 Å². The lowest BCUT2D eigenvalue weighted by Gasteiger charge is -2.35. The summed E-state index contributed by atoms with van der Waals surface area (Å²) in [4.78, 5) is 28.6. The molecule has 0 saturated carbocycles. The Hall–Kier alpha value is -2.24. The molecule has 2 aromatic carbocycles. The summed E-state index contributed by atoms with van der Waals surface area (Å²) >= 11 is 0. The Morgan fingerprint density at radius 1 is 1.08 bits per heavy atom. The van der Waals surface area contributed by atoms with Gasteiger partial charge in [-0.3, -0.25) is 9.59 Å². The summed E-state index contributed by atoms with van der Waals surface area (Å²) in [5.41, 5.74) is 0.690. The first-order chi connectivity index (χ1) is 12.7. The topological polar surface area (TPSA) is 62.1 Å². The van der Waals surface area contributed by atoms with Gasteiger partial charge in [-0.1, -0.05) is 36.4 Å². The second kappa shape index (κ2) is 7.17. The van der Waals surface area contributed by atoms with E-state index >= 15 is 0 Å². The quantitative estimate of drug-likeness (QED) is 0.815. The van der Waals surface area contributed by atoms with E-state index in [1.165, 1.54) is 9.80 Å². The van der Waals surface area contributed by atoms with E-state index in [0.717, 1.165) is 36.6 Å². The largest absolute Gasteiger partial charge is 0.396 e. The van der Waals surface area contributed by atoms with Crippen LogP contribution in [0.3, 0.4) is 0 Å². The minimum Gasteiger partial charge on any atom is -0.396 e. The number of nitrogens with zero attached hydrogens (tertiary/aromatic N) is 1. The summed E-state index contributed by atoms with van der Waals surface area (Å²) in [6, 6.07) is 13.5. The van der Waals surface area contributed by atoms with Crippen LogP contribution in [0.5, 0.6) is 0 Å². The normalized spacial score (nSPS) is 26.7. The first kappa shape index (κ1) is 17.2. The Labute approximate surface area is 153 Å². The highest BCUT2D eigenvalue weighted by Gasteiger charge is 2.48. The molecule has 2 saturated heterocycles. The molecule has 26 heavy (non-hydrogen) atoms. The van der Waals surface area contributed by atoms with Gasteiger partial charge in [-0.15, -0.1) is 0 Å². The minimum absolute atomic E-state index is 0.0915. The van der Waals surface area contributed by atoms with Crippen molar-refractivity contribution in [2.75, 3.05) is 18.1 Å². The lowest BCUT2D eigenvalue weighted by Crippen LogP contribution is -3.20. The van der Waals surface area contributed by atoms with Crippen molar-refractivity contribution in [2.45, 2.75) is 44.2 Å². The number of imide groups is 1. The number of aliphatic hydroxyl groups is 1. The zero-order valence-electron chi connectivity index (χ0n) is 14.9. The number of rotatable bonds is 4. The lowest BCUT2D eigenvalue weighted by molar-refractivity contribution is -0.945. The molecule has 2 heterocycles. The van der Waals surface area contributed by atoms with Gasteiger partial charge < -0.3 is 10.0 Å². The summed E-state index contributed by atoms with van der Waals surface area (Å²) in [5, 5.41) is 11.3. The van der Waals surface area contributed by atoms with Gasteiger partial charge in [0.05, 0.1) is 24.7 Å². The maximum Gasteiger partial charge on any atom is 0.292 e. The molecular formula is C21H25N2O3+. The highest BCUT2D eigenvalue weighted by Crippen LogP contribution is 2.30. The van der Waals surface area contributed by atoms with Crippen LogP contribution in [-0.4, -0.2) is 42.2 Å². The maximum absolute atomic E-state index is 13.2. The van der Waals surface area contributed by atoms with Crippen molar-refractivity contribution in [3.63, 3.8) is 0 Å². The number of benzene rings is 2. The van der Waals surface area contributed by atoms with Gasteiger partial charge in [0.1, 0.15) is 0 Å². The van der Waals surface area contributed by atoms with Gasteiger partial charge >= 0.3 is 0 Å². The number of fused-ring (bicyclic) bond motifs is 1. The molecule has 0 spiro atoms. The molecule has 4 rings (SSSR count). The number of carbonyl (C=O) groups excluding carboxylic acids is 2. The minimum atomic E-state index is -0.321. The first-order valence-electron chi connectivity index (χ1n) is 9.51. The number of anilines is 1. The first-order valence-corrected chi connectivity index (χ1v) is 9.51. The number of hydrogen-bond acceptors (Lipinski definition) is 3. The van der Waals surface area contributed by atoms with Crippen LogP contribution >= 0.6 is 0 Å². The number of hydrogen-bond donors (Lipinski definition) is 2. The van der Waals surface area contributed by atoms with Crippen LogP contribution in [0, 0.1) is 0 Å². The third-order valence-electron chi connectivity index (χ3n) is 5.87. The lowest BCUT2D eigenvalue weighted by atomic mass is 9.97. The number of nitrogens with one attached hydrogen (secondary N) is 1. The molecular weight excluding hydrogens is 328 g/mol. The highest BCUT2D eigenvalue weighted by atomic mass is 16.3. The number of quaternary nitrogens is 1. The fourth-order valence-electron chi connectivity index (χ4n) is 4.63. The molecule has 2 fully saturated rings. The van der Waals surface area contributed by atoms with Gasteiger partial charge in [0.2, 0.25) is 5.91 Å². The molecule has 0 aliphatic carbocycles. The SMILES string of the molecule is O=C1C[C@@H]([NH+]2CCCC[C@H]2CCO)C(=O)N1c1cccc2ccccc12. The van der Waals surface area contributed by atoms with E-state index in [2.05, 4.69) is 0 Å². The zero-order chi connectivity index (χ0) is 18.1. The third kappa shape index (κ3) is 2.91. The molecule has 2 aliphatic rings. The molecule has 5 heteroatoms. The van der Waals surface area contributed by atoms with E-state index in [-0.39, 0.29) is 36.9 Å². The van der Waals surface area contributed by atoms with Gasteiger partial charge in [-0.25, -0.2) is 4.90 Å². The number of likely N-dealkylation sites (tertiary alicyclic amines) is 1. The van der Waals surface area contributed by atoms with Crippen LogP contribution in [0.4, 0.5) is 5.69 Å². The van der Waals surface area contributed by atoms with E-state index in [4.69, 9.17) is 0 Å². The van der Waals surface area contributed by atoms with Crippen LogP contribution < -0.4 is 9.80 Å². The van der Waals surface area contributed by atoms with Gasteiger partial charge in [0.25, 0.3) is 5.91 Å². The standard InChI is InChI=1S/C21H24N2O3/c24-13-11-16-8-3-4-12-22(16)19-14-20(25)23(21(19)26)18-10-5-7-15-6-1-2-9-17(15)18/h1-2,5-7,9-10,16,19,24H,3-4,8,11-14H2/p+1/t16-,19+/m0/s1. The maximum atomic E-state index is 13.2. The number of aliphatic hydroxyl groups excluding tert-OH is 1.